The maximum atomic E-state index is 12.7. The number of hydrogen-bond donors (Lipinski definition) is 1. The van der Waals surface area contributed by atoms with Gasteiger partial charge in [0, 0.05) is 4.88 Å². The summed E-state index contributed by atoms with van der Waals surface area (Å²) in [5.41, 5.74) is 6.18. The zero-order valence-corrected chi connectivity index (χ0v) is 9.26. The number of hydrogen-bond acceptors (Lipinski definition) is 3. The number of Topliss-reactive ketones (excluding diaryl/α,β-unsaturated/α-hetero) is 1. The molecule has 0 spiro atoms. The molecule has 4 heteroatoms. The van der Waals surface area contributed by atoms with Crippen LogP contribution < -0.4 is 5.73 Å². The second-order valence-corrected chi connectivity index (χ2v) is 4.38. The molecule has 2 nitrogen and oxygen atoms in total. The molecule has 0 atom stereocenters. The van der Waals surface area contributed by atoms with E-state index >= 15 is 0 Å². The fourth-order valence-corrected chi connectivity index (χ4v) is 2.32. The topological polar surface area (TPSA) is 43.1 Å². The zero-order valence-electron chi connectivity index (χ0n) is 8.44. The quantitative estimate of drug-likeness (QED) is 0.831. The summed E-state index contributed by atoms with van der Waals surface area (Å²) in [4.78, 5) is 12.9. The van der Waals surface area contributed by atoms with E-state index in [1.165, 1.54) is 23.5 Å². The van der Waals surface area contributed by atoms with E-state index in [1.54, 1.807) is 18.2 Å². The molecule has 1 aromatic carbocycles. The molecule has 0 saturated carbocycles. The monoisotopic (exact) mass is 235 g/mol. The highest BCUT2D eigenvalue weighted by Gasteiger charge is 2.08. The number of thiophene rings is 1. The van der Waals surface area contributed by atoms with Gasteiger partial charge in [-0.3, -0.25) is 4.79 Å². The molecule has 82 valence electrons. The van der Waals surface area contributed by atoms with Crippen molar-refractivity contribution in [3.8, 4) is 10.4 Å². The van der Waals surface area contributed by atoms with Crippen LogP contribution in [0.25, 0.3) is 10.4 Å². The Bertz CT molecular complexity index is 504. The van der Waals surface area contributed by atoms with Gasteiger partial charge in [-0.15, -0.1) is 11.3 Å². The van der Waals surface area contributed by atoms with Gasteiger partial charge in [0.1, 0.15) is 5.82 Å². The number of halogens is 1. The minimum Gasteiger partial charge on any atom is -0.324 e. The summed E-state index contributed by atoms with van der Waals surface area (Å²) < 4.78 is 12.7. The third kappa shape index (κ3) is 2.18. The summed E-state index contributed by atoms with van der Waals surface area (Å²) in [5, 5.41) is 0. The van der Waals surface area contributed by atoms with Crippen LogP contribution in [0.5, 0.6) is 0 Å². The summed E-state index contributed by atoms with van der Waals surface area (Å²) in [6.07, 6.45) is 0. The van der Waals surface area contributed by atoms with Gasteiger partial charge in [0.05, 0.1) is 11.4 Å². The summed E-state index contributed by atoms with van der Waals surface area (Å²) >= 11 is 1.37. The minimum atomic E-state index is -0.265. The standard InChI is InChI=1S/C12H10FNOS/c13-9-3-1-8(2-4-9)11-5-6-12(16-11)10(15)7-14/h1-6H,7,14H2. The zero-order chi connectivity index (χ0) is 11.5. The molecule has 0 aliphatic heterocycles. The van der Waals surface area contributed by atoms with Gasteiger partial charge in [-0.2, -0.15) is 0 Å². The lowest BCUT2D eigenvalue weighted by molar-refractivity contribution is 0.100. The van der Waals surface area contributed by atoms with E-state index < -0.39 is 0 Å². The van der Waals surface area contributed by atoms with Crippen LogP contribution in [0.1, 0.15) is 9.67 Å². The SMILES string of the molecule is NCC(=O)c1ccc(-c2ccc(F)cc2)s1. The molecule has 2 aromatic rings. The Hall–Kier alpha value is -1.52. The molecule has 16 heavy (non-hydrogen) atoms. The summed E-state index contributed by atoms with van der Waals surface area (Å²) in [6, 6.07) is 9.79. The van der Waals surface area contributed by atoms with Crippen molar-refractivity contribution in [2.75, 3.05) is 6.54 Å². The number of benzene rings is 1. The van der Waals surface area contributed by atoms with Crippen molar-refractivity contribution in [2.45, 2.75) is 0 Å². The van der Waals surface area contributed by atoms with Crippen molar-refractivity contribution in [1.82, 2.24) is 0 Å². The molecule has 1 aromatic heterocycles. The molecule has 0 aliphatic rings. The Morgan fingerprint density at radius 1 is 1.19 bits per heavy atom. The first kappa shape index (κ1) is 11.0. The molecule has 0 aliphatic carbocycles. The van der Waals surface area contributed by atoms with E-state index in [0.717, 1.165) is 10.4 Å². The summed E-state index contributed by atoms with van der Waals surface area (Å²) in [6.45, 7) is 0.0172. The summed E-state index contributed by atoms with van der Waals surface area (Å²) in [5.74, 6) is -0.336. The van der Waals surface area contributed by atoms with Crippen LogP contribution in [-0.4, -0.2) is 12.3 Å². The number of ketones is 1. The van der Waals surface area contributed by atoms with Gasteiger partial charge in [-0.1, -0.05) is 12.1 Å². The van der Waals surface area contributed by atoms with Crippen molar-refractivity contribution in [1.29, 1.82) is 0 Å². The highest BCUT2D eigenvalue weighted by atomic mass is 32.1. The molecule has 1 heterocycles. The van der Waals surface area contributed by atoms with E-state index in [9.17, 15) is 9.18 Å². The fraction of sp³-hybridized carbons (Fsp3) is 0.0833. The predicted molar refractivity (Wildman–Crippen MR) is 63.1 cm³/mol. The maximum absolute atomic E-state index is 12.7. The number of carbonyl (C=O) groups is 1. The van der Waals surface area contributed by atoms with Crippen LogP contribution in [0.4, 0.5) is 4.39 Å². The smallest absolute Gasteiger partial charge is 0.186 e. The summed E-state index contributed by atoms with van der Waals surface area (Å²) in [7, 11) is 0. The predicted octanol–water partition coefficient (Wildman–Crippen LogP) is 2.70. The average molecular weight is 235 g/mol. The van der Waals surface area contributed by atoms with E-state index in [1.807, 2.05) is 6.07 Å². The Balaban J connectivity index is 2.31. The second kappa shape index (κ2) is 4.55. The Morgan fingerprint density at radius 2 is 1.88 bits per heavy atom. The lowest BCUT2D eigenvalue weighted by Crippen LogP contribution is -2.11. The largest absolute Gasteiger partial charge is 0.324 e. The van der Waals surface area contributed by atoms with Gasteiger partial charge < -0.3 is 5.73 Å². The normalized spacial score (nSPS) is 10.4. The lowest BCUT2D eigenvalue weighted by atomic mass is 10.2. The molecule has 2 N–H and O–H groups in total. The van der Waals surface area contributed by atoms with Crippen molar-refractivity contribution in [2.24, 2.45) is 5.73 Å². The number of rotatable bonds is 3. The molecule has 0 radical (unpaired) electrons. The molecule has 0 saturated heterocycles. The van der Waals surface area contributed by atoms with Crippen molar-refractivity contribution >= 4 is 17.1 Å². The third-order valence-electron chi connectivity index (χ3n) is 2.19. The highest BCUT2D eigenvalue weighted by molar-refractivity contribution is 7.17. The van der Waals surface area contributed by atoms with Crippen LogP contribution in [0.3, 0.4) is 0 Å². The number of carbonyl (C=O) groups excluding carboxylic acids is 1. The Labute approximate surface area is 96.5 Å². The number of nitrogens with two attached hydrogens (primary N) is 1. The molecule has 0 amide bonds. The second-order valence-electron chi connectivity index (χ2n) is 3.30. The van der Waals surface area contributed by atoms with E-state index in [0.29, 0.717) is 4.88 Å². The molecular weight excluding hydrogens is 225 g/mol. The van der Waals surface area contributed by atoms with Gasteiger partial charge in [-0.25, -0.2) is 4.39 Å². The van der Waals surface area contributed by atoms with Crippen LogP contribution in [0.2, 0.25) is 0 Å². The Kier molecular flexibility index (Phi) is 3.12. The maximum Gasteiger partial charge on any atom is 0.186 e. The first-order chi connectivity index (χ1) is 7.70. The average Bonchev–Trinajstić information content (AvgIpc) is 2.78. The minimum absolute atomic E-state index is 0.0172. The van der Waals surface area contributed by atoms with Gasteiger partial charge >= 0.3 is 0 Å². The van der Waals surface area contributed by atoms with Crippen molar-refractivity contribution < 1.29 is 9.18 Å². The van der Waals surface area contributed by atoms with Crippen LogP contribution in [0.15, 0.2) is 36.4 Å². The van der Waals surface area contributed by atoms with Gasteiger partial charge in [0.2, 0.25) is 0 Å². The van der Waals surface area contributed by atoms with E-state index in [-0.39, 0.29) is 18.1 Å². The van der Waals surface area contributed by atoms with E-state index in [4.69, 9.17) is 5.73 Å². The van der Waals surface area contributed by atoms with Gasteiger partial charge in [0.15, 0.2) is 5.78 Å². The van der Waals surface area contributed by atoms with Gasteiger partial charge in [0.25, 0.3) is 0 Å². The first-order valence-corrected chi connectivity index (χ1v) is 5.61. The van der Waals surface area contributed by atoms with E-state index in [2.05, 4.69) is 0 Å². The van der Waals surface area contributed by atoms with Crippen LogP contribution in [0, 0.1) is 5.82 Å². The molecule has 0 bridgehead atoms. The van der Waals surface area contributed by atoms with Gasteiger partial charge in [-0.05, 0) is 29.8 Å². The molecule has 2 rings (SSSR count). The fourth-order valence-electron chi connectivity index (χ4n) is 1.36. The Morgan fingerprint density at radius 3 is 2.50 bits per heavy atom. The first-order valence-electron chi connectivity index (χ1n) is 4.80. The van der Waals surface area contributed by atoms with Crippen molar-refractivity contribution in [3.05, 3.63) is 47.1 Å². The molecule has 0 fully saturated rings. The lowest BCUT2D eigenvalue weighted by Gasteiger charge is -1.96. The molecule has 0 unspecified atom stereocenters. The van der Waals surface area contributed by atoms with Crippen molar-refractivity contribution in [3.63, 3.8) is 0 Å². The van der Waals surface area contributed by atoms with Crippen LogP contribution in [-0.2, 0) is 0 Å². The molecular formula is C12H10FNOS. The van der Waals surface area contributed by atoms with Crippen LogP contribution >= 0.6 is 11.3 Å². The third-order valence-corrected chi connectivity index (χ3v) is 3.37. The highest BCUT2D eigenvalue weighted by Crippen LogP contribution is 2.28.